The molecule has 1 saturated carbocycles. The van der Waals surface area contributed by atoms with E-state index in [2.05, 4.69) is 20.6 Å². The largest absolute Gasteiger partial charge is 0.369 e. The molecule has 1 aliphatic carbocycles. The van der Waals surface area contributed by atoms with Crippen LogP contribution < -0.4 is 10.6 Å². The Bertz CT molecular complexity index is 430. The van der Waals surface area contributed by atoms with Crippen LogP contribution in [0.1, 0.15) is 55.9 Å². The smallest absolute Gasteiger partial charge is 0.271 e. The number of hydrogen-bond donors (Lipinski definition) is 2. The minimum Gasteiger partial charge on any atom is -0.369 e. The topological polar surface area (TPSA) is 66.9 Å². The fourth-order valence-corrected chi connectivity index (χ4v) is 2.72. The predicted molar refractivity (Wildman–Crippen MR) is 79.7 cm³/mol. The number of carbonyl (C=O) groups excluding carboxylic acids is 1. The van der Waals surface area contributed by atoms with Gasteiger partial charge in [0.05, 0.1) is 12.4 Å². The summed E-state index contributed by atoms with van der Waals surface area (Å²) in [5, 5.41) is 5.98. The molecule has 0 saturated heterocycles. The van der Waals surface area contributed by atoms with Gasteiger partial charge in [-0.1, -0.05) is 25.7 Å². The lowest BCUT2D eigenvalue weighted by Crippen LogP contribution is -2.26. The highest BCUT2D eigenvalue weighted by Gasteiger charge is 2.14. The van der Waals surface area contributed by atoms with Crippen LogP contribution in [-0.4, -0.2) is 29.0 Å². The van der Waals surface area contributed by atoms with Crippen molar-refractivity contribution in [1.82, 2.24) is 15.3 Å². The van der Waals surface area contributed by atoms with Gasteiger partial charge in [-0.15, -0.1) is 0 Å². The van der Waals surface area contributed by atoms with E-state index < -0.39 is 0 Å². The number of anilines is 1. The summed E-state index contributed by atoms with van der Waals surface area (Å²) in [7, 11) is 0. The summed E-state index contributed by atoms with van der Waals surface area (Å²) in [5.74, 6) is 1.39. The van der Waals surface area contributed by atoms with Crippen LogP contribution in [0.2, 0.25) is 0 Å². The number of hydrogen-bond acceptors (Lipinski definition) is 4. The lowest BCUT2D eigenvalue weighted by Gasteiger charge is -2.09. The number of nitrogens with one attached hydrogen (secondary N) is 2. The van der Waals surface area contributed by atoms with Crippen LogP contribution in [0.4, 0.5) is 5.82 Å². The minimum absolute atomic E-state index is 0.135. The van der Waals surface area contributed by atoms with Gasteiger partial charge in [0.2, 0.25) is 0 Å². The molecule has 5 heteroatoms. The second-order valence-electron chi connectivity index (χ2n) is 5.37. The summed E-state index contributed by atoms with van der Waals surface area (Å²) >= 11 is 0. The van der Waals surface area contributed by atoms with Crippen molar-refractivity contribution in [2.24, 2.45) is 5.92 Å². The molecule has 1 aromatic rings. The first-order valence-electron chi connectivity index (χ1n) is 7.63. The number of carbonyl (C=O) groups is 1. The van der Waals surface area contributed by atoms with Crippen molar-refractivity contribution in [2.75, 3.05) is 18.4 Å². The van der Waals surface area contributed by atoms with Gasteiger partial charge in [0.25, 0.3) is 5.91 Å². The summed E-state index contributed by atoms with van der Waals surface area (Å²) in [6.45, 7) is 3.47. The summed E-state index contributed by atoms with van der Waals surface area (Å²) in [4.78, 5) is 20.2. The van der Waals surface area contributed by atoms with E-state index in [4.69, 9.17) is 0 Å². The third-order valence-corrected chi connectivity index (χ3v) is 3.77. The molecule has 0 radical (unpaired) electrons. The molecule has 1 fully saturated rings. The van der Waals surface area contributed by atoms with Crippen molar-refractivity contribution in [2.45, 2.75) is 45.4 Å². The zero-order chi connectivity index (χ0) is 14.2. The van der Waals surface area contributed by atoms with Crippen LogP contribution in [0.5, 0.6) is 0 Å². The van der Waals surface area contributed by atoms with Crippen molar-refractivity contribution in [3.05, 3.63) is 18.1 Å². The average Bonchev–Trinajstić information content (AvgIpc) is 2.97. The number of nitrogens with zero attached hydrogens (tertiary/aromatic N) is 2. The van der Waals surface area contributed by atoms with Crippen molar-refractivity contribution in [1.29, 1.82) is 0 Å². The van der Waals surface area contributed by atoms with Gasteiger partial charge in [0, 0.05) is 13.1 Å². The maximum absolute atomic E-state index is 12.0. The Hall–Kier alpha value is -1.65. The van der Waals surface area contributed by atoms with Crippen molar-refractivity contribution in [3.8, 4) is 0 Å². The van der Waals surface area contributed by atoms with Gasteiger partial charge in [-0.2, -0.15) is 0 Å². The highest BCUT2D eigenvalue weighted by molar-refractivity contribution is 5.92. The lowest BCUT2D eigenvalue weighted by molar-refractivity contribution is 0.0947. The van der Waals surface area contributed by atoms with Gasteiger partial charge in [-0.05, 0) is 25.7 Å². The van der Waals surface area contributed by atoms with Gasteiger partial charge in [0.15, 0.2) is 0 Å². The molecular formula is C15H24N4O. The van der Waals surface area contributed by atoms with E-state index in [1.807, 2.05) is 6.92 Å². The van der Waals surface area contributed by atoms with E-state index in [0.29, 0.717) is 11.5 Å². The number of aromatic nitrogens is 2. The Morgan fingerprint density at radius 2 is 2.15 bits per heavy atom. The first-order valence-corrected chi connectivity index (χ1v) is 7.63. The molecule has 0 aliphatic heterocycles. The van der Waals surface area contributed by atoms with Crippen LogP contribution in [-0.2, 0) is 0 Å². The van der Waals surface area contributed by atoms with Gasteiger partial charge in [-0.3, -0.25) is 9.78 Å². The highest BCUT2D eigenvalue weighted by Crippen LogP contribution is 2.28. The van der Waals surface area contributed by atoms with E-state index in [-0.39, 0.29) is 5.91 Å². The molecule has 1 amide bonds. The molecule has 1 aromatic heterocycles. The SMILES string of the molecule is CCNc1cncc(C(=O)NCCCC2CCCC2)n1. The van der Waals surface area contributed by atoms with Crippen LogP contribution >= 0.6 is 0 Å². The molecule has 2 N–H and O–H groups in total. The van der Waals surface area contributed by atoms with E-state index in [9.17, 15) is 4.79 Å². The van der Waals surface area contributed by atoms with E-state index >= 15 is 0 Å². The van der Waals surface area contributed by atoms with Gasteiger partial charge < -0.3 is 10.6 Å². The van der Waals surface area contributed by atoms with Crippen molar-refractivity contribution in [3.63, 3.8) is 0 Å². The Balaban J connectivity index is 1.72. The molecule has 0 spiro atoms. The molecule has 0 unspecified atom stereocenters. The third-order valence-electron chi connectivity index (χ3n) is 3.77. The summed E-state index contributed by atoms with van der Waals surface area (Å²) in [6, 6.07) is 0. The highest BCUT2D eigenvalue weighted by atomic mass is 16.1. The minimum atomic E-state index is -0.135. The Kier molecular flexibility index (Phi) is 5.77. The summed E-state index contributed by atoms with van der Waals surface area (Å²) < 4.78 is 0. The van der Waals surface area contributed by atoms with Crippen LogP contribution in [0.25, 0.3) is 0 Å². The zero-order valence-electron chi connectivity index (χ0n) is 12.2. The Labute approximate surface area is 120 Å². The molecular weight excluding hydrogens is 252 g/mol. The number of rotatable bonds is 7. The van der Waals surface area contributed by atoms with Crippen molar-refractivity contribution < 1.29 is 4.79 Å². The second-order valence-corrected chi connectivity index (χ2v) is 5.37. The Morgan fingerprint density at radius 1 is 1.35 bits per heavy atom. The van der Waals surface area contributed by atoms with Crippen LogP contribution in [0.15, 0.2) is 12.4 Å². The average molecular weight is 276 g/mol. The normalized spacial score (nSPS) is 15.2. The second kappa shape index (κ2) is 7.82. The fourth-order valence-electron chi connectivity index (χ4n) is 2.72. The van der Waals surface area contributed by atoms with Gasteiger partial charge >= 0.3 is 0 Å². The quantitative estimate of drug-likeness (QED) is 0.751. The lowest BCUT2D eigenvalue weighted by atomic mass is 10.0. The molecule has 5 nitrogen and oxygen atoms in total. The summed E-state index contributed by atoms with van der Waals surface area (Å²) in [5.41, 5.74) is 0.379. The first-order chi connectivity index (χ1) is 9.79. The number of amides is 1. The van der Waals surface area contributed by atoms with Crippen LogP contribution in [0.3, 0.4) is 0 Å². The summed E-state index contributed by atoms with van der Waals surface area (Å²) in [6.07, 6.45) is 10.9. The maximum Gasteiger partial charge on any atom is 0.271 e. The van der Waals surface area contributed by atoms with Crippen molar-refractivity contribution >= 4 is 11.7 Å². The van der Waals surface area contributed by atoms with Crippen LogP contribution in [0, 0.1) is 5.92 Å². The van der Waals surface area contributed by atoms with E-state index in [1.54, 1.807) is 6.20 Å². The molecule has 0 aromatic carbocycles. The molecule has 0 bridgehead atoms. The molecule has 20 heavy (non-hydrogen) atoms. The van der Waals surface area contributed by atoms with Gasteiger partial charge in [-0.25, -0.2) is 4.98 Å². The molecule has 2 rings (SSSR count). The Morgan fingerprint density at radius 3 is 2.90 bits per heavy atom. The monoisotopic (exact) mass is 276 g/mol. The molecule has 1 heterocycles. The standard InChI is InChI=1S/C15H24N4O/c1-2-17-14-11-16-10-13(19-14)15(20)18-9-5-8-12-6-3-4-7-12/h10-12H,2-9H2,1H3,(H,17,19)(H,18,20). The van der Waals surface area contributed by atoms with Gasteiger partial charge in [0.1, 0.15) is 11.5 Å². The van der Waals surface area contributed by atoms with E-state index in [0.717, 1.165) is 25.4 Å². The predicted octanol–water partition coefficient (Wildman–Crippen LogP) is 2.61. The van der Waals surface area contributed by atoms with E-state index in [1.165, 1.54) is 38.3 Å². The molecule has 1 aliphatic rings. The zero-order valence-corrected chi connectivity index (χ0v) is 12.2. The molecule has 110 valence electrons. The fraction of sp³-hybridized carbons (Fsp3) is 0.667. The molecule has 0 atom stereocenters. The maximum atomic E-state index is 12.0. The third kappa shape index (κ3) is 4.47. The first kappa shape index (κ1) is 14.8.